The lowest BCUT2D eigenvalue weighted by Gasteiger charge is -2.21. The molecular weight excluding hydrogens is 220 g/mol. The standard InChI is InChI=1S/C13H12O4/c1-2-16-11(14)13-7-9(13)8-5-3-4-6-10(8)17-12(13)15/h3-6,9H,2,7H2,1H3/t9-,13-/m1/s1. The number of esters is 2. The van der Waals surface area contributed by atoms with Crippen LogP contribution in [-0.2, 0) is 14.3 Å². The monoisotopic (exact) mass is 232 g/mol. The van der Waals surface area contributed by atoms with E-state index in [1.807, 2.05) is 18.2 Å². The van der Waals surface area contributed by atoms with Gasteiger partial charge in [-0.05, 0) is 25.0 Å². The Balaban J connectivity index is 1.99. The van der Waals surface area contributed by atoms with Crippen molar-refractivity contribution >= 4 is 11.9 Å². The Kier molecular flexibility index (Phi) is 2.02. The van der Waals surface area contributed by atoms with E-state index < -0.39 is 17.4 Å². The van der Waals surface area contributed by atoms with Crippen molar-refractivity contribution in [1.82, 2.24) is 0 Å². The second-order valence-electron chi connectivity index (χ2n) is 4.38. The van der Waals surface area contributed by atoms with Gasteiger partial charge >= 0.3 is 11.9 Å². The lowest BCUT2D eigenvalue weighted by Crippen LogP contribution is -2.35. The van der Waals surface area contributed by atoms with Crippen molar-refractivity contribution in [2.24, 2.45) is 5.41 Å². The molecule has 4 heteroatoms. The van der Waals surface area contributed by atoms with E-state index in [4.69, 9.17) is 9.47 Å². The second kappa shape index (κ2) is 3.32. The molecule has 0 unspecified atom stereocenters. The highest BCUT2D eigenvalue weighted by atomic mass is 16.6. The number of hydrogen-bond donors (Lipinski definition) is 0. The summed E-state index contributed by atoms with van der Waals surface area (Å²) >= 11 is 0. The van der Waals surface area contributed by atoms with E-state index in [2.05, 4.69) is 0 Å². The molecule has 0 spiro atoms. The Morgan fingerprint density at radius 3 is 3.06 bits per heavy atom. The molecule has 2 atom stereocenters. The summed E-state index contributed by atoms with van der Waals surface area (Å²) in [6.45, 7) is 2.01. The molecule has 17 heavy (non-hydrogen) atoms. The van der Waals surface area contributed by atoms with Gasteiger partial charge in [0.25, 0.3) is 0 Å². The molecule has 1 fully saturated rings. The molecular formula is C13H12O4. The smallest absolute Gasteiger partial charge is 0.329 e. The molecule has 2 aliphatic rings. The maximum Gasteiger partial charge on any atom is 0.329 e. The van der Waals surface area contributed by atoms with Crippen molar-refractivity contribution in [3.8, 4) is 5.75 Å². The van der Waals surface area contributed by atoms with Crippen molar-refractivity contribution < 1.29 is 19.1 Å². The minimum absolute atomic E-state index is 0.0704. The molecule has 1 saturated carbocycles. The van der Waals surface area contributed by atoms with Gasteiger partial charge in [-0.1, -0.05) is 18.2 Å². The molecule has 1 heterocycles. The summed E-state index contributed by atoms with van der Waals surface area (Å²) in [6, 6.07) is 7.34. The Hall–Kier alpha value is -1.84. The zero-order valence-corrected chi connectivity index (χ0v) is 9.43. The minimum Gasteiger partial charge on any atom is -0.465 e. The van der Waals surface area contributed by atoms with Gasteiger partial charge in [0.2, 0.25) is 0 Å². The van der Waals surface area contributed by atoms with Crippen LogP contribution in [0.1, 0.15) is 24.8 Å². The van der Waals surface area contributed by atoms with Crippen molar-refractivity contribution in [3.63, 3.8) is 0 Å². The zero-order valence-electron chi connectivity index (χ0n) is 9.43. The molecule has 0 N–H and O–H groups in total. The number of carbonyl (C=O) groups is 2. The zero-order chi connectivity index (χ0) is 12.0. The van der Waals surface area contributed by atoms with Gasteiger partial charge in [-0.25, -0.2) is 0 Å². The number of carbonyl (C=O) groups excluding carboxylic acids is 2. The van der Waals surface area contributed by atoms with Gasteiger partial charge in [-0.15, -0.1) is 0 Å². The molecule has 0 aromatic heterocycles. The second-order valence-corrected chi connectivity index (χ2v) is 4.38. The number of fused-ring (bicyclic) bond motifs is 3. The quantitative estimate of drug-likeness (QED) is 0.442. The maximum absolute atomic E-state index is 11.9. The molecule has 1 aromatic carbocycles. The molecule has 88 valence electrons. The predicted octanol–water partition coefficient (Wildman–Crippen LogP) is 1.64. The summed E-state index contributed by atoms with van der Waals surface area (Å²) in [6.07, 6.45) is 0.502. The summed E-state index contributed by atoms with van der Waals surface area (Å²) in [4.78, 5) is 23.8. The third-order valence-corrected chi connectivity index (χ3v) is 3.46. The summed E-state index contributed by atoms with van der Waals surface area (Å²) in [5.41, 5.74) is -0.134. The van der Waals surface area contributed by atoms with Gasteiger partial charge in [0.05, 0.1) is 6.61 Å². The van der Waals surface area contributed by atoms with Crippen LogP contribution in [0.25, 0.3) is 0 Å². The van der Waals surface area contributed by atoms with E-state index in [9.17, 15) is 9.59 Å². The van der Waals surface area contributed by atoms with Crippen LogP contribution in [0.4, 0.5) is 0 Å². The Morgan fingerprint density at radius 2 is 2.29 bits per heavy atom. The number of benzene rings is 1. The number of hydrogen-bond acceptors (Lipinski definition) is 4. The summed E-state index contributed by atoms with van der Waals surface area (Å²) in [7, 11) is 0. The molecule has 0 bridgehead atoms. The average molecular weight is 232 g/mol. The molecule has 0 saturated heterocycles. The Morgan fingerprint density at radius 1 is 1.53 bits per heavy atom. The topological polar surface area (TPSA) is 52.6 Å². The van der Waals surface area contributed by atoms with Crippen LogP contribution in [0, 0.1) is 5.41 Å². The number of para-hydroxylation sites is 1. The average Bonchev–Trinajstić information content (AvgIpc) is 3.07. The minimum atomic E-state index is -1.07. The molecule has 0 radical (unpaired) electrons. The highest BCUT2D eigenvalue weighted by Crippen LogP contribution is 2.64. The van der Waals surface area contributed by atoms with E-state index in [1.54, 1.807) is 13.0 Å². The van der Waals surface area contributed by atoms with Crippen LogP contribution in [-0.4, -0.2) is 18.5 Å². The SMILES string of the molecule is CCOC(=O)[C@@]12C[C@@H]1c1ccccc1OC2=O. The molecule has 1 aliphatic heterocycles. The van der Waals surface area contributed by atoms with Crippen LogP contribution < -0.4 is 4.74 Å². The molecule has 1 aromatic rings. The lowest BCUT2D eigenvalue weighted by molar-refractivity contribution is -0.160. The highest BCUT2D eigenvalue weighted by Gasteiger charge is 2.71. The van der Waals surface area contributed by atoms with Crippen molar-refractivity contribution in [3.05, 3.63) is 29.8 Å². The first kappa shape index (κ1) is 10.3. The Bertz CT molecular complexity index is 508. The number of ether oxygens (including phenoxy) is 2. The molecule has 0 amide bonds. The number of rotatable bonds is 2. The normalized spacial score (nSPS) is 28.8. The summed E-state index contributed by atoms with van der Waals surface area (Å²) in [5, 5.41) is 0. The van der Waals surface area contributed by atoms with Crippen molar-refractivity contribution in [2.75, 3.05) is 6.61 Å². The van der Waals surface area contributed by atoms with Crippen molar-refractivity contribution in [1.29, 1.82) is 0 Å². The highest BCUT2D eigenvalue weighted by molar-refractivity contribution is 6.07. The van der Waals surface area contributed by atoms with Crippen LogP contribution in [0.5, 0.6) is 5.75 Å². The van der Waals surface area contributed by atoms with Gasteiger partial charge < -0.3 is 9.47 Å². The fourth-order valence-electron chi connectivity index (χ4n) is 2.49. The van der Waals surface area contributed by atoms with Crippen LogP contribution in [0.2, 0.25) is 0 Å². The van der Waals surface area contributed by atoms with E-state index in [1.165, 1.54) is 0 Å². The largest absolute Gasteiger partial charge is 0.465 e. The van der Waals surface area contributed by atoms with Crippen LogP contribution in [0.15, 0.2) is 24.3 Å². The first-order chi connectivity index (χ1) is 8.20. The van der Waals surface area contributed by atoms with E-state index in [0.29, 0.717) is 12.2 Å². The summed E-state index contributed by atoms with van der Waals surface area (Å²) in [5.74, 6) is -0.428. The van der Waals surface area contributed by atoms with Gasteiger partial charge in [-0.3, -0.25) is 9.59 Å². The predicted molar refractivity (Wildman–Crippen MR) is 58.5 cm³/mol. The van der Waals surface area contributed by atoms with Gasteiger partial charge in [0.15, 0.2) is 5.41 Å². The molecule has 4 nitrogen and oxygen atoms in total. The van der Waals surface area contributed by atoms with E-state index in [-0.39, 0.29) is 12.5 Å². The fourth-order valence-corrected chi connectivity index (χ4v) is 2.49. The third kappa shape index (κ3) is 1.24. The molecule has 3 rings (SSSR count). The third-order valence-electron chi connectivity index (χ3n) is 3.46. The van der Waals surface area contributed by atoms with E-state index >= 15 is 0 Å². The van der Waals surface area contributed by atoms with Crippen molar-refractivity contribution in [2.45, 2.75) is 19.3 Å². The van der Waals surface area contributed by atoms with Gasteiger partial charge in [0.1, 0.15) is 5.75 Å². The van der Waals surface area contributed by atoms with Gasteiger partial charge in [0, 0.05) is 5.92 Å². The van der Waals surface area contributed by atoms with E-state index in [0.717, 1.165) is 5.56 Å². The van der Waals surface area contributed by atoms with Crippen LogP contribution >= 0.6 is 0 Å². The lowest BCUT2D eigenvalue weighted by atomic mass is 9.96. The molecule has 1 aliphatic carbocycles. The first-order valence-electron chi connectivity index (χ1n) is 5.68. The summed E-state index contributed by atoms with van der Waals surface area (Å²) < 4.78 is 10.2. The van der Waals surface area contributed by atoms with Crippen LogP contribution in [0.3, 0.4) is 0 Å². The van der Waals surface area contributed by atoms with Gasteiger partial charge in [-0.2, -0.15) is 0 Å². The Labute approximate surface area is 98.5 Å². The first-order valence-corrected chi connectivity index (χ1v) is 5.68. The fraction of sp³-hybridized carbons (Fsp3) is 0.385. The maximum atomic E-state index is 11.9.